The van der Waals surface area contributed by atoms with Crippen LogP contribution >= 0.6 is 0 Å². The molecule has 2 unspecified atom stereocenters. The van der Waals surface area contributed by atoms with Crippen LogP contribution in [-0.4, -0.2) is 17.8 Å². The van der Waals surface area contributed by atoms with Crippen molar-refractivity contribution in [1.29, 1.82) is 5.26 Å². The zero-order valence-corrected chi connectivity index (χ0v) is 9.99. The average Bonchev–Trinajstić information content (AvgIpc) is 2.24. The molecular weight excluding hydrogens is 202 g/mol. The lowest BCUT2D eigenvalue weighted by Crippen LogP contribution is -2.45. The summed E-state index contributed by atoms with van der Waals surface area (Å²) < 4.78 is 0. The van der Waals surface area contributed by atoms with Gasteiger partial charge in [-0.15, -0.1) is 0 Å². The SMILES string of the molecule is CCCCCCC1NC(=O)N=C(C)C1C#N. The Morgan fingerprint density at radius 2 is 2.19 bits per heavy atom. The third kappa shape index (κ3) is 3.34. The number of amides is 2. The number of nitrogens with one attached hydrogen (secondary N) is 1. The van der Waals surface area contributed by atoms with E-state index in [4.69, 9.17) is 5.26 Å². The highest BCUT2D eigenvalue weighted by Crippen LogP contribution is 2.17. The van der Waals surface area contributed by atoms with Gasteiger partial charge in [0.05, 0.1) is 12.1 Å². The maximum Gasteiger partial charge on any atom is 0.341 e. The Hall–Kier alpha value is -1.37. The highest BCUT2D eigenvalue weighted by atomic mass is 16.2. The van der Waals surface area contributed by atoms with Gasteiger partial charge >= 0.3 is 6.03 Å². The maximum atomic E-state index is 11.2. The molecule has 88 valence electrons. The zero-order valence-electron chi connectivity index (χ0n) is 9.99. The lowest BCUT2D eigenvalue weighted by atomic mass is 9.91. The van der Waals surface area contributed by atoms with Crippen molar-refractivity contribution in [3.8, 4) is 6.07 Å². The smallest absolute Gasteiger partial charge is 0.332 e. The molecule has 1 aliphatic heterocycles. The standard InChI is InChI=1S/C12H19N3O/c1-3-4-5-6-7-11-10(8-13)9(2)14-12(16)15-11/h10-11H,3-7H2,1-2H3,(H,15,16). The van der Waals surface area contributed by atoms with Crippen molar-refractivity contribution in [1.82, 2.24) is 5.32 Å². The molecule has 0 fully saturated rings. The fourth-order valence-electron chi connectivity index (χ4n) is 2.01. The average molecular weight is 221 g/mol. The molecule has 0 aromatic rings. The molecule has 1 rings (SSSR count). The Morgan fingerprint density at radius 1 is 1.44 bits per heavy atom. The molecule has 0 aromatic heterocycles. The van der Waals surface area contributed by atoms with Crippen molar-refractivity contribution < 1.29 is 4.79 Å². The molecule has 0 aromatic carbocycles. The summed E-state index contributed by atoms with van der Waals surface area (Å²) in [7, 11) is 0. The second-order valence-corrected chi connectivity index (χ2v) is 4.27. The number of carbonyl (C=O) groups excluding carboxylic acids is 1. The number of carbonyl (C=O) groups is 1. The molecule has 4 nitrogen and oxygen atoms in total. The Morgan fingerprint density at radius 3 is 2.81 bits per heavy atom. The van der Waals surface area contributed by atoms with Crippen molar-refractivity contribution in [3.05, 3.63) is 0 Å². The van der Waals surface area contributed by atoms with Gasteiger partial charge in [-0.1, -0.05) is 32.6 Å². The van der Waals surface area contributed by atoms with Gasteiger partial charge in [0.1, 0.15) is 5.92 Å². The van der Waals surface area contributed by atoms with Gasteiger partial charge < -0.3 is 5.32 Å². The van der Waals surface area contributed by atoms with E-state index in [9.17, 15) is 4.79 Å². The van der Waals surface area contributed by atoms with E-state index in [-0.39, 0.29) is 18.0 Å². The third-order valence-corrected chi connectivity index (χ3v) is 2.95. The fraction of sp³-hybridized carbons (Fsp3) is 0.750. The monoisotopic (exact) mass is 221 g/mol. The number of nitriles is 1. The van der Waals surface area contributed by atoms with E-state index < -0.39 is 0 Å². The van der Waals surface area contributed by atoms with Crippen LogP contribution < -0.4 is 5.32 Å². The second kappa shape index (κ2) is 6.26. The highest BCUT2D eigenvalue weighted by Gasteiger charge is 2.29. The van der Waals surface area contributed by atoms with E-state index >= 15 is 0 Å². The molecule has 0 bridgehead atoms. The van der Waals surface area contributed by atoms with E-state index in [1.165, 1.54) is 12.8 Å². The predicted octanol–water partition coefficient (Wildman–Crippen LogP) is 2.65. The van der Waals surface area contributed by atoms with Crippen molar-refractivity contribution in [2.45, 2.75) is 52.0 Å². The van der Waals surface area contributed by atoms with Gasteiger partial charge in [-0.25, -0.2) is 9.79 Å². The van der Waals surface area contributed by atoms with E-state index in [1.54, 1.807) is 6.92 Å². The van der Waals surface area contributed by atoms with Crippen LogP contribution in [0, 0.1) is 17.2 Å². The van der Waals surface area contributed by atoms with Gasteiger partial charge in [0.15, 0.2) is 0 Å². The minimum atomic E-state index is -0.301. The van der Waals surface area contributed by atoms with Crippen molar-refractivity contribution >= 4 is 11.7 Å². The minimum Gasteiger partial charge on any atom is -0.332 e. The molecule has 2 atom stereocenters. The van der Waals surface area contributed by atoms with Gasteiger partial charge in [0.2, 0.25) is 0 Å². The van der Waals surface area contributed by atoms with Crippen LogP contribution in [-0.2, 0) is 0 Å². The molecule has 0 spiro atoms. The van der Waals surface area contributed by atoms with E-state index in [2.05, 4.69) is 23.3 Å². The molecule has 0 aliphatic carbocycles. The maximum absolute atomic E-state index is 11.2. The van der Waals surface area contributed by atoms with E-state index in [0.29, 0.717) is 5.71 Å². The minimum absolute atomic E-state index is 0.0492. The predicted molar refractivity (Wildman–Crippen MR) is 63.3 cm³/mol. The van der Waals surface area contributed by atoms with Crippen molar-refractivity contribution in [2.24, 2.45) is 10.9 Å². The second-order valence-electron chi connectivity index (χ2n) is 4.27. The van der Waals surface area contributed by atoms with E-state index in [1.807, 2.05) is 0 Å². The quantitative estimate of drug-likeness (QED) is 0.725. The first-order valence-electron chi connectivity index (χ1n) is 5.94. The molecule has 16 heavy (non-hydrogen) atoms. The summed E-state index contributed by atoms with van der Waals surface area (Å²) >= 11 is 0. The van der Waals surface area contributed by atoms with Crippen LogP contribution in [0.25, 0.3) is 0 Å². The van der Waals surface area contributed by atoms with Crippen LogP contribution in [0.3, 0.4) is 0 Å². The van der Waals surface area contributed by atoms with Gasteiger partial charge in [-0.2, -0.15) is 5.26 Å². The van der Waals surface area contributed by atoms with Gasteiger partial charge in [-0.3, -0.25) is 0 Å². The molecule has 2 amide bonds. The van der Waals surface area contributed by atoms with E-state index in [0.717, 1.165) is 19.3 Å². The number of aliphatic imine (C=N–C) groups is 1. The molecule has 0 radical (unpaired) electrons. The Kier molecular flexibility index (Phi) is 4.97. The normalized spacial score (nSPS) is 24.6. The van der Waals surface area contributed by atoms with Gasteiger partial charge in [0, 0.05) is 5.71 Å². The number of rotatable bonds is 5. The number of urea groups is 1. The highest BCUT2D eigenvalue weighted by molar-refractivity contribution is 5.99. The van der Waals surface area contributed by atoms with Crippen molar-refractivity contribution in [3.63, 3.8) is 0 Å². The first-order chi connectivity index (χ1) is 7.69. The number of unbranched alkanes of at least 4 members (excludes halogenated alkanes) is 3. The molecule has 1 heterocycles. The lowest BCUT2D eigenvalue weighted by Gasteiger charge is -2.26. The molecule has 4 heteroatoms. The van der Waals surface area contributed by atoms with Gasteiger partial charge in [-0.05, 0) is 13.3 Å². The Bertz CT molecular complexity index is 317. The summed E-state index contributed by atoms with van der Waals surface area (Å²) in [5.41, 5.74) is 0.645. The van der Waals surface area contributed by atoms with Crippen LogP contribution in [0.2, 0.25) is 0 Å². The van der Waals surface area contributed by atoms with Crippen LogP contribution in [0.4, 0.5) is 4.79 Å². The van der Waals surface area contributed by atoms with Crippen LogP contribution in [0.1, 0.15) is 46.0 Å². The number of hydrogen-bond donors (Lipinski definition) is 1. The Balaban J connectivity index is 2.49. The topological polar surface area (TPSA) is 65.2 Å². The lowest BCUT2D eigenvalue weighted by molar-refractivity contribution is 0.240. The van der Waals surface area contributed by atoms with Gasteiger partial charge in [0.25, 0.3) is 0 Å². The van der Waals surface area contributed by atoms with Crippen LogP contribution in [0.15, 0.2) is 4.99 Å². The van der Waals surface area contributed by atoms with Crippen LogP contribution in [0.5, 0.6) is 0 Å². The fourth-order valence-corrected chi connectivity index (χ4v) is 2.01. The molecular formula is C12H19N3O. The zero-order chi connectivity index (χ0) is 12.0. The largest absolute Gasteiger partial charge is 0.341 e. The summed E-state index contributed by atoms with van der Waals surface area (Å²) in [5.74, 6) is -0.251. The summed E-state index contributed by atoms with van der Waals surface area (Å²) in [4.78, 5) is 15.0. The molecule has 0 saturated heterocycles. The first-order valence-corrected chi connectivity index (χ1v) is 5.94. The Labute approximate surface area is 96.7 Å². The summed E-state index contributed by atoms with van der Waals surface area (Å²) in [6.45, 7) is 3.92. The summed E-state index contributed by atoms with van der Waals surface area (Å²) in [6, 6.07) is 1.87. The molecule has 1 aliphatic rings. The first kappa shape index (κ1) is 12.7. The number of nitrogens with zero attached hydrogens (tertiary/aromatic N) is 2. The molecule has 1 N–H and O–H groups in total. The summed E-state index contributed by atoms with van der Waals surface area (Å²) in [6.07, 6.45) is 5.50. The third-order valence-electron chi connectivity index (χ3n) is 2.95. The molecule has 0 saturated carbocycles. The summed E-state index contributed by atoms with van der Waals surface area (Å²) in [5, 5.41) is 11.8. The van der Waals surface area contributed by atoms with Crippen molar-refractivity contribution in [2.75, 3.05) is 0 Å². The number of hydrogen-bond acceptors (Lipinski definition) is 2.